The second kappa shape index (κ2) is 4.07. The Morgan fingerprint density at radius 3 is 2.50 bits per heavy atom. The highest BCUT2D eigenvalue weighted by Gasteiger charge is 2.09. The van der Waals surface area contributed by atoms with E-state index in [1.54, 1.807) is 0 Å². The van der Waals surface area contributed by atoms with E-state index >= 15 is 0 Å². The molecule has 0 aromatic heterocycles. The lowest BCUT2D eigenvalue weighted by Gasteiger charge is -2.00. The topological polar surface area (TPSA) is 91.7 Å². The third kappa shape index (κ3) is 2.44. The van der Waals surface area contributed by atoms with E-state index in [9.17, 15) is 19.0 Å². The number of carboxylic acids is 1. The quantitative estimate of drug-likeness (QED) is 0.726. The Morgan fingerprint density at radius 2 is 2.00 bits per heavy atom. The van der Waals surface area contributed by atoms with Crippen molar-refractivity contribution >= 4 is 19.0 Å². The third-order valence-electron chi connectivity index (χ3n) is 1.62. The minimum absolute atomic E-state index is 0.00551. The van der Waals surface area contributed by atoms with E-state index in [4.69, 9.17) is 5.11 Å². The van der Waals surface area contributed by atoms with E-state index in [1.165, 1.54) is 12.1 Å². The molecular formula is C8H7O5P. The Hall–Kier alpha value is -1.61. The van der Waals surface area contributed by atoms with Crippen molar-refractivity contribution in [3.05, 3.63) is 23.8 Å². The Kier molecular flexibility index (Phi) is 3.04. The van der Waals surface area contributed by atoms with Gasteiger partial charge >= 0.3 is 13.6 Å². The van der Waals surface area contributed by atoms with E-state index in [-0.39, 0.29) is 16.6 Å². The van der Waals surface area contributed by atoms with Gasteiger partial charge in [-0.3, -0.25) is 4.79 Å². The molecule has 1 aromatic rings. The number of rotatable bonds is 3. The lowest BCUT2D eigenvalue weighted by molar-refractivity contribution is -0.136. The summed E-state index contributed by atoms with van der Waals surface area (Å²) in [6.07, 6.45) is -0.400. The van der Waals surface area contributed by atoms with Crippen molar-refractivity contribution in [2.45, 2.75) is 6.42 Å². The van der Waals surface area contributed by atoms with E-state index in [0.29, 0.717) is 0 Å². The molecule has 0 bridgehead atoms. The van der Waals surface area contributed by atoms with Gasteiger partial charge in [0.05, 0.1) is 11.7 Å². The lowest BCUT2D eigenvalue weighted by Crippen LogP contribution is -2.03. The second-order valence-electron chi connectivity index (χ2n) is 2.64. The molecule has 0 fully saturated rings. The molecule has 1 rings (SSSR count). The summed E-state index contributed by atoms with van der Waals surface area (Å²) in [5, 5.41) is 17.7. The average Bonchev–Trinajstić information content (AvgIpc) is 2.07. The first kappa shape index (κ1) is 10.5. The maximum Gasteiger partial charge on any atom is 0.348 e. The van der Waals surface area contributed by atoms with Gasteiger partial charge in [0.2, 0.25) is 0 Å². The van der Waals surface area contributed by atoms with Crippen LogP contribution >= 0.6 is 7.68 Å². The minimum atomic E-state index is -2.75. The van der Waals surface area contributed by atoms with Crippen molar-refractivity contribution in [3.63, 3.8) is 0 Å². The molecule has 0 saturated heterocycles. The Morgan fingerprint density at radius 1 is 1.36 bits per heavy atom. The van der Waals surface area contributed by atoms with Gasteiger partial charge in [0, 0.05) is 5.56 Å². The summed E-state index contributed by atoms with van der Waals surface area (Å²) >= 11 is 0. The van der Waals surface area contributed by atoms with Crippen LogP contribution in [0.2, 0.25) is 0 Å². The largest absolute Gasteiger partial charge is 0.508 e. The van der Waals surface area contributed by atoms with Gasteiger partial charge in [-0.15, -0.1) is 0 Å². The van der Waals surface area contributed by atoms with Crippen molar-refractivity contribution in [3.8, 4) is 5.75 Å². The number of phenols is 1. The number of hydrogen-bond donors (Lipinski definition) is 2. The SMILES string of the molecule is O=C(O)Cc1cc(P(=O)=O)ccc1O. The maximum atomic E-state index is 10.6. The zero-order valence-electron chi connectivity index (χ0n) is 7.01. The van der Waals surface area contributed by atoms with Crippen molar-refractivity contribution in [1.29, 1.82) is 0 Å². The molecule has 2 N–H and O–H groups in total. The fraction of sp³-hybridized carbons (Fsp3) is 0.125. The molecule has 74 valence electrons. The van der Waals surface area contributed by atoms with Crippen molar-refractivity contribution in [2.24, 2.45) is 0 Å². The van der Waals surface area contributed by atoms with Crippen molar-refractivity contribution < 1.29 is 24.1 Å². The highest BCUT2D eigenvalue weighted by Crippen LogP contribution is 2.18. The summed E-state index contributed by atoms with van der Waals surface area (Å²) < 4.78 is 21.1. The highest BCUT2D eigenvalue weighted by molar-refractivity contribution is 7.40. The van der Waals surface area contributed by atoms with Gasteiger partial charge in [-0.2, -0.15) is 0 Å². The first-order valence-electron chi connectivity index (χ1n) is 3.69. The average molecular weight is 214 g/mol. The van der Waals surface area contributed by atoms with Crippen LogP contribution in [-0.4, -0.2) is 16.2 Å². The standard InChI is InChI=1S/C8H7O5P/c9-7-2-1-6(14(12)13)3-5(7)4-8(10)11/h1-3,9H,4H2,(H,10,11). The Labute approximate surface area is 79.8 Å². The molecular weight excluding hydrogens is 207 g/mol. The van der Waals surface area contributed by atoms with Crippen LogP contribution < -0.4 is 5.30 Å². The normalized spacial score (nSPS) is 9.71. The van der Waals surface area contributed by atoms with Gasteiger partial charge in [0.25, 0.3) is 0 Å². The second-order valence-corrected chi connectivity index (χ2v) is 3.67. The van der Waals surface area contributed by atoms with Gasteiger partial charge in [0.1, 0.15) is 5.75 Å². The lowest BCUT2D eigenvalue weighted by atomic mass is 10.1. The van der Waals surface area contributed by atoms with Gasteiger partial charge in [-0.25, -0.2) is 9.13 Å². The molecule has 1 aromatic carbocycles. The summed E-state index contributed by atoms with van der Waals surface area (Å²) in [6.45, 7) is 0. The number of carbonyl (C=O) groups is 1. The molecule has 0 aliphatic heterocycles. The molecule has 0 saturated carbocycles. The fourth-order valence-corrected chi connectivity index (χ4v) is 1.45. The van der Waals surface area contributed by atoms with Crippen molar-refractivity contribution in [1.82, 2.24) is 0 Å². The number of aliphatic carboxylic acids is 1. The molecule has 0 aliphatic carbocycles. The monoisotopic (exact) mass is 214 g/mol. The third-order valence-corrected chi connectivity index (χ3v) is 2.32. The van der Waals surface area contributed by atoms with E-state index in [0.717, 1.165) is 6.07 Å². The molecule has 0 aliphatic rings. The van der Waals surface area contributed by atoms with Crippen LogP contribution in [-0.2, 0) is 20.3 Å². The zero-order valence-corrected chi connectivity index (χ0v) is 7.90. The van der Waals surface area contributed by atoms with Gasteiger partial charge in [0.15, 0.2) is 0 Å². The number of aromatic hydroxyl groups is 1. The zero-order chi connectivity index (χ0) is 10.7. The van der Waals surface area contributed by atoms with Crippen molar-refractivity contribution in [2.75, 3.05) is 0 Å². The number of carboxylic acid groups (broad SMARTS) is 1. The molecule has 0 amide bonds. The molecule has 14 heavy (non-hydrogen) atoms. The Bertz CT molecular complexity index is 427. The molecule has 0 atom stereocenters. The number of phenolic OH excluding ortho intramolecular Hbond substituents is 1. The van der Waals surface area contributed by atoms with Crippen LogP contribution in [0.3, 0.4) is 0 Å². The molecule has 6 heteroatoms. The van der Waals surface area contributed by atoms with Gasteiger partial charge in [-0.1, -0.05) is 0 Å². The van der Waals surface area contributed by atoms with Crippen LogP contribution in [0.4, 0.5) is 0 Å². The number of benzene rings is 1. The molecule has 5 nitrogen and oxygen atoms in total. The predicted octanol–water partition coefficient (Wildman–Crippen LogP) is 0.817. The highest BCUT2D eigenvalue weighted by atomic mass is 31.1. The van der Waals surface area contributed by atoms with E-state index < -0.39 is 20.1 Å². The van der Waals surface area contributed by atoms with Gasteiger partial charge < -0.3 is 10.2 Å². The molecule has 0 heterocycles. The summed E-state index contributed by atoms with van der Waals surface area (Å²) in [5.41, 5.74) is 0.0919. The summed E-state index contributed by atoms with van der Waals surface area (Å²) in [4.78, 5) is 10.3. The maximum absolute atomic E-state index is 10.6. The molecule has 0 spiro atoms. The summed E-state index contributed by atoms with van der Waals surface area (Å²) in [6, 6.07) is 3.53. The summed E-state index contributed by atoms with van der Waals surface area (Å²) in [5.74, 6) is -1.34. The first-order valence-corrected chi connectivity index (χ1v) is 4.86. The van der Waals surface area contributed by atoms with Crippen LogP contribution in [0.1, 0.15) is 5.56 Å². The molecule has 0 radical (unpaired) electrons. The minimum Gasteiger partial charge on any atom is -0.508 e. The smallest absolute Gasteiger partial charge is 0.348 e. The van der Waals surface area contributed by atoms with Gasteiger partial charge in [-0.05, 0) is 18.2 Å². The summed E-state index contributed by atoms with van der Waals surface area (Å²) in [7, 11) is -2.75. The first-order chi connectivity index (χ1) is 6.50. The van der Waals surface area contributed by atoms with E-state index in [1.807, 2.05) is 0 Å². The molecule has 0 unspecified atom stereocenters. The van der Waals surface area contributed by atoms with Crippen LogP contribution in [0, 0.1) is 0 Å². The van der Waals surface area contributed by atoms with E-state index in [2.05, 4.69) is 0 Å². The van der Waals surface area contributed by atoms with Crippen LogP contribution in [0.15, 0.2) is 18.2 Å². The van der Waals surface area contributed by atoms with Crippen LogP contribution in [0.25, 0.3) is 0 Å². The van der Waals surface area contributed by atoms with Crippen LogP contribution in [0.5, 0.6) is 5.75 Å². The predicted molar refractivity (Wildman–Crippen MR) is 47.4 cm³/mol. The Balaban J connectivity index is 3.14. The fourth-order valence-electron chi connectivity index (χ4n) is 0.990. The number of hydrogen-bond acceptors (Lipinski definition) is 4.